The van der Waals surface area contributed by atoms with E-state index in [-0.39, 0.29) is 11.7 Å². The topological polar surface area (TPSA) is 75.7 Å². The van der Waals surface area contributed by atoms with Gasteiger partial charge >= 0.3 is 0 Å². The molecule has 0 fully saturated rings. The average Bonchev–Trinajstić information content (AvgIpc) is 2.63. The van der Waals surface area contributed by atoms with Gasteiger partial charge in [-0.3, -0.25) is 9.52 Å². The largest absolute Gasteiger partial charge is 0.496 e. The predicted molar refractivity (Wildman–Crippen MR) is 111 cm³/mol. The number of carbonyl (C=O) groups is 1. The standard InChI is InChI=1S/C21H26N2O4S/c1-15(2)13-23-19-10-9-18(12-16(19)8-11-21(23)24)22-28(25,26)14-17-6-4-5-7-20(17)27-3/h4-7,9-10,12,15,22H,8,11,13-14H2,1-3H3. The number of methoxy groups -OCH3 is 1. The van der Waals surface area contributed by atoms with Crippen LogP contribution in [-0.2, 0) is 27.0 Å². The molecule has 0 aromatic heterocycles. The Labute approximate surface area is 166 Å². The fraction of sp³-hybridized carbons (Fsp3) is 0.381. The molecule has 0 radical (unpaired) electrons. The second-order valence-corrected chi connectivity index (χ2v) is 9.14. The molecule has 2 aromatic carbocycles. The molecular formula is C21H26N2O4S. The monoisotopic (exact) mass is 402 g/mol. The molecule has 1 amide bonds. The molecule has 2 aromatic rings. The predicted octanol–water partition coefficient (Wildman–Crippen LogP) is 3.57. The second kappa shape index (κ2) is 8.22. The lowest BCUT2D eigenvalue weighted by molar-refractivity contribution is -0.119. The molecule has 0 unspecified atom stereocenters. The number of sulfonamides is 1. The molecule has 7 heteroatoms. The molecule has 1 heterocycles. The van der Waals surface area contributed by atoms with Crippen LogP contribution in [0.3, 0.4) is 0 Å². The maximum Gasteiger partial charge on any atom is 0.237 e. The first-order valence-corrected chi connectivity index (χ1v) is 11.0. The van der Waals surface area contributed by atoms with Crippen molar-refractivity contribution >= 4 is 27.3 Å². The van der Waals surface area contributed by atoms with Gasteiger partial charge in [-0.05, 0) is 42.2 Å². The Morgan fingerprint density at radius 1 is 1.14 bits per heavy atom. The van der Waals surface area contributed by atoms with E-state index in [9.17, 15) is 13.2 Å². The number of carbonyl (C=O) groups excluding carboxylic acids is 1. The minimum absolute atomic E-state index is 0.116. The summed E-state index contributed by atoms with van der Waals surface area (Å²) < 4.78 is 33.2. The number of nitrogens with one attached hydrogen (secondary N) is 1. The lowest BCUT2D eigenvalue weighted by Crippen LogP contribution is -2.37. The van der Waals surface area contributed by atoms with E-state index < -0.39 is 10.0 Å². The van der Waals surface area contributed by atoms with E-state index in [2.05, 4.69) is 18.6 Å². The Morgan fingerprint density at radius 2 is 1.89 bits per heavy atom. The van der Waals surface area contributed by atoms with Gasteiger partial charge in [0.05, 0.1) is 12.9 Å². The van der Waals surface area contributed by atoms with Crippen LogP contribution in [0, 0.1) is 5.92 Å². The van der Waals surface area contributed by atoms with Crippen LogP contribution in [0.5, 0.6) is 5.75 Å². The van der Waals surface area contributed by atoms with Gasteiger partial charge in [0.25, 0.3) is 0 Å². The summed E-state index contributed by atoms with van der Waals surface area (Å²) in [5, 5.41) is 0. The number of anilines is 2. The number of rotatable bonds is 7. The molecule has 0 saturated carbocycles. The number of aryl methyl sites for hydroxylation is 1. The van der Waals surface area contributed by atoms with Crippen molar-refractivity contribution in [2.24, 2.45) is 5.92 Å². The molecule has 0 saturated heterocycles. The van der Waals surface area contributed by atoms with Crippen molar-refractivity contribution in [3.63, 3.8) is 0 Å². The second-order valence-electron chi connectivity index (χ2n) is 7.41. The third-order valence-electron chi connectivity index (χ3n) is 4.64. The highest BCUT2D eigenvalue weighted by molar-refractivity contribution is 7.91. The van der Waals surface area contributed by atoms with E-state index in [1.54, 1.807) is 35.2 Å². The molecule has 1 N–H and O–H groups in total. The van der Waals surface area contributed by atoms with Crippen molar-refractivity contribution < 1.29 is 17.9 Å². The lowest BCUT2D eigenvalue weighted by atomic mass is 9.99. The first-order chi connectivity index (χ1) is 13.3. The third kappa shape index (κ3) is 4.65. The summed E-state index contributed by atoms with van der Waals surface area (Å²) in [6, 6.07) is 12.4. The van der Waals surface area contributed by atoms with E-state index in [0.29, 0.717) is 42.3 Å². The Hall–Kier alpha value is -2.54. The SMILES string of the molecule is COc1ccccc1CS(=O)(=O)Nc1ccc2c(c1)CCC(=O)N2CC(C)C. The summed E-state index contributed by atoms with van der Waals surface area (Å²) in [5.41, 5.74) is 2.96. The van der Waals surface area contributed by atoms with Crippen LogP contribution in [-0.4, -0.2) is 28.0 Å². The molecule has 6 nitrogen and oxygen atoms in total. The number of amides is 1. The van der Waals surface area contributed by atoms with Crippen LogP contribution in [0.2, 0.25) is 0 Å². The van der Waals surface area contributed by atoms with Gasteiger partial charge in [0.2, 0.25) is 15.9 Å². The number of nitrogens with zero attached hydrogens (tertiary/aromatic N) is 1. The minimum atomic E-state index is -3.60. The first kappa shape index (κ1) is 20.2. The zero-order chi connectivity index (χ0) is 20.3. The number of ether oxygens (including phenoxy) is 1. The van der Waals surface area contributed by atoms with Gasteiger partial charge in [-0.2, -0.15) is 0 Å². The zero-order valence-electron chi connectivity index (χ0n) is 16.4. The number of para-hydroxylation sites is 1. The van der Waals surface area contributed by atoms with Gasteiger partial charge in [-0.25, -0.2) is 8.42 Å². The summed E-state index contributed by atoms with van der Waals surface area (Å²) in [7, 11) is -2.08. The van der Waals surface area contributed by atoms with Gasteiger partial charge in [-0.1, -0.05) is 32.0 Å². The van der Waals surface area contributed by atoms with Gasteiger partial charge in [0, 0.05) is 29.9 Å². The Bertz CT molecular complexity index is 970. The van der Waals surface area contributed by atoms with Gasteiger partial charge in [0.1, 0.15) is 5.75 Å². The van der Waals surface area contributed by atoms with E-state index in [4.69, 9.17) is 4.74 Å². The van der Waals surface area contributed by atoms with Crippen LogP contribution < -0.4 is 14.4 Å². The van der Waals surface area contributed by atoms with Crippen molar-refractivity contribution in [2.75, 3.05) is 23.3 Å². The molecule has 150 valence electrons. The quantitative estimate of drug-likeness (QED) is 0.768. The number of benzene rings is 2. The third-order valence-corrected chi connectivity index (χ3v) is 5.88. The van der Waals surface area contributed by atoms with Crippen molar-refractivity contribution in [2.45, 2.75) is 32.4 Å². The fourth-order valence-electron chi connectivity index (χ4n) is 3.43. The zero-order valence-corrected chi connectivity index (χ0v) is 17.3. The van der Waals surface area contributed by atoms with Crippen LogP contribution in [0.15, 0.2) is 42.5 Å². The van der Waals surface area contributed by atoms with Gasteiger partial charge in [0.15, 0.2) is 0 Å². The molecule has 1 aliphatic rings. The molecule has 28 heavy (non-hydrogen) atoms. The smallest absolute Gasteiger partial charge is 0.237 e. The van der Waals surface area contributed by atoms with E-state index >= 15 is 0 Å². The highest BCUT2D eigenvalue weighted by atomic mass is 32.2. The molecular weight excluding hydrogens is 376 g/mol. The van der Waals surface area contributed by atoms with Gasteiger partial charge < -0.3 is 9.64 Å². The molecule has 0 atom stereocenters. The van der Waals surface area contributed by atoms with E-state index in [1.165, 1.54) is 7.11 Å². The van der Waals surface area contributed by atoms with Crippen molar-refractivity contribution in [3.05, 3.63) is 53.6 Å². The first-order valence-electron chi connectivity index (χ1n) is 9.35. The summed E-state index contributed by atoms with van der Waals surface area (Å²) in [6.07, 6.45) is 1.06. The molecule has 0 spiro atoms. The minimum Gasteiger partial charge on any atom is -0.496 e. The van der Waals surface area contributed by atoms with Crippen molar-refractivity contribution in [3.8, 4) is 5.75 Å². The summed E-state index contributed by atoms with van der Waals surface area (Å²) in [5.74, 6) is 0.840. The molecule has 1 aliphatic heterocycles. The molecule has 3 rings (SSSR count). The van der Waals surface area contributed by atoms with E-state index in [1.807, 2.05) is 12.1 Å². The van der Waals surface area contributed by atoms with E-state index in [0.717, 1.165) is 11.3 Å². The van der Waals surface area contributed by atoms with Crippen LogP contribution in [0.1, 0.15) is 31.4 Å². The van der Waals surface area contributed by atoms with Crippen LogP contribution in [0.25, 0.3) is 0 Å². The summed E-state index contributed by atoms with van der Waals surface area (Å²) in [6.45, 7) is 4.80. The Balaban J connectivity index is 1.81. The Morgan fingerprint density at radius 3 is 2.61 bits per heavy atom. The van der Waals surface area contributed by atoms with Gasteiger partial charge in [-0.15, -0.1) is 0 Å². The van der Waals surface area contributed by atoms with Crippen molar-refractivity contribution in [1.82, 2.24) is 0 Å². The van der Waals surface area contributed by atoms with Crippen LogP contribution in [0.4, 0.5) is 11.4 Å². The Kier molecular flexibility index (Phi) is 5.93. The normalized spacial score (nSPS) is 14.1. The maximum atomic E-state index is 12.6. The average molecular weight is 403 g/mol. The number of hydrogen-bond acceptors (Lipinski definition) is 4. The summed E-state index contributed by atoms with van der Waals surface area (Å²) in [4.78, 5) is 14.1. The highest BCUT2D eigenvalue weighted by Gasteiger charge is 2.25. The maximum absolute atomic E-state index is 12.6. The number of fused-ring (bicyclic) bond motifs is 1. The lowest BCUT2D eigenvalue weighted by Gasteiger charge is -2.31. The van der Waals surface area contributed by atoms with Crippen molar-refractivity contribution in [1.29, 1.82) is 0 Å². The molecule has 0 bridgehead atoms. The fourth-order valence-corrected chi connectivity index (χ4v) is 4.64. The molecule has 0 aliphatic carbocycles. The van der Waals surface area contributed by atoms with Crippen LogP contribution >= 0.6 is 0 Å². The highest BCUT2D eigenvalue weighted by Crippen LogP contribution is 2.31. The number of hydrogen-bond donors (Lipinski definition) is 1. The summed E-state index contributed by atoms with van der Waals surface area (Å²) >= 11 is 0.